The van der Waals surface area contributed by atoms with Gasteiger partial charge < -0.3 is 10.0 Å². The molecule has 1 aliphatic rings. The fraction of sp³-hybridized carbons (Fsp3) is 0.400. The van der Waals surface area contributed by atoms with Gasteiger partial charge in [-0.3, -0.25) is 4.79 Å². The molecule has 18 heavy (non-hydrogen) atoms. The van der Waals surface area contributed by atoms with Crippen molar-refractivity contribution in [3.8, 4) is 5.75 Å². The highest BCUT2D eigenvalue weighted by molar-refractivity contribution is 6.06. The molecule has 0 bridgehead atoms. The molecule has 0 aromatic heterocycles. The lowest BCUT2D eigenvalue weighted by atomic mass is 10.1. The summed E-state index contributed by atoms with van der Waals surface area (Å²) in [6.45, 7) is 3.94. The summed E-state index contributed by atoms with van der Waals surface area (Å²) in [7, 11) is 0. The third-order valence-electron chi connectivity index (χ3n) is 3.24. The van der Waals surface area contributed by atoms with Crippen molar-refractivity contribution in [2.75, 3.05) is 13.1 Å². The number of aryl methyl sites for hydroxylation is 1. The van der Waals surface area contributed by atoms with E-state index in [1.807, 2.05) is 13.1 Å². The summed E-state index contributed by atoms with van der Waals surface area (Å²) in [4.78, 5) is 14.1. The topological polar surface area (TPSA) is 40.5 Å². The first-order valence-electron chi connectivity index (χ1n) is 6.43. The molecule has 1 saturated heterocycles. The van der Waals surface area contributed by atoms with E-state index >= 15 is 0 Å². The number of hydrogen-bond acceptors (Lipinski definition) is 3. The quantitative estimate of drug-likeness (QED) is 0.657. The molecule has 0 spiro atoms. The summed E-state index contributed by atoms with van der Waals surface area (Å²) in [5.74, 6) is -0.0873. The summed E-state index contributed by atoms with van der Waals surface area (Å²) in [6.07, 6.45) is 7.06. The number of likely N-dealkylation sites (tertiary alicyclic amines) is 1. The van der Waals surface area contributed by atoms with Crippen LogP contribution in [0.25, 0.3) is 0 Å². The van der Waals surface area contributed by atoms with Crippen LogP contribution in [0.2, 0.25) is 0 Å². The van der Waals surface area contributed by atoms with E-state index in [1.165, 1.54) is 19.3 Å². The molecule has 1 fully saturated rings. The first kappa shape index (κ1) is 12.7. The Labute approximate surface area is 108 Å². The number of nitrogens with zero attached hydrogens (tertiary/aromatic N) is 1. The number of rotatable bonds is 3. The van der Waals surface area contributed by atoms with E-state index in [-0.39, 0.29) is 11.5 Å². The zero-order valence-electron chi connectivity index (χ0n) is 10.7. The molecule has 1 aromatic rings. The Morgan fingerprint density at radius 2 is 2.00 bits per heavy atom. The number of aromatic hydroxyl groups is 1. The van der Waals surface area contributed by atoms with Gasteiger partial charge in [0.15, 0.2) is 5.78 Å². The average Bonchev–Trinajstić information content (AvgIpc) is 2.40. The number of hydrogen-bond donors (Lipinski definition) is 1. The van der Waals surface area contributed by atoms with Gasteiger partial charge in [0.1, 0.15) is 5.75 Å². The second-order valence-corrected chi connectivity index (χ2v) is 4.80. The van der Waals surface area contributed by atoms with Crippen molar-refractivity contribution in [3.63, 3.8) is 0 Å². The Morgan fingerprint density at radius 1 is 1.28 bits per heavy atom. The molecule has 0 unspecified atom stereocenters. The molecule has 96 valence electrons. The van der Waals surface area contributed by atoms with Crippen LogP contribution in [0.3, 0.4) is 0 Å². The summed E-state index contributed by atoms with van der Waals surface area (Å²) >= 11 is 0. The highest BCUT2D eigenvalue weighted by Crippen LogP contribution is 2.19. The summed E-state index contributed by atoms with van der Waals surface area (Å²) in [5.41, 5.74) is 1.35. The third kappa shape index (κ3) is 3.13. The molecule has 2 rings (SSSR count). The molecule has 1 heterocycles. The maximum Gasteiger partial charge on any atom is 0.191 e. The number of phenolic OH excluding ortho intramolecular Hbond substituents is 1. The first-order chi connectivity index (χ1) is 8.66. The lowest BCUT2D eigenvalue weighted by Crippen LogP contribution is -2.24. The van der Waals surface area contributed by atoms with E-state index < -0.39 is 0 Å². The monoisotopic (exact) mass is 245 g/mol. The largest absolute Gasteiger partial charge is 0.507 e. The van der Waals surface area contributed by atoms with Crippen LogP contribution in [0.15, 0.2) is 30.5 Å². The highest BCUT2D eigenvalue weighted by atomic mass is 16.3. The first-order valence-corrected chi connectivity index (χ1v) is 6.43. The van der Waals surface area contributed by atoms with Gasteiger partial charge in [0.25, 0.3) is 0 Å². The van der Waals surface area contributed by atoms with E-state index in [2.05, 4.69) is 4.90 Å². The van der Waals surface area contributed by atoms with Gasteiger partial charge in [0.05, 0.1) is 5.56 Å². The van der Waals surface area contributed by atoms with E-state index in [1.54, 1.807) is 24.3 Å². The van der Waals surface area contributed by atoms with Gasteiger partial charge in [-0.05, 0) is 38.3 Å². The standard InChI is InChI=1S/C15H19NO2/c1-12-5-6-14(17)13(11-12)15(18)7-10-16-8-3-2-4-9-16/h5-7,10-11,17H,2-4,8-9H2,1H3/b10-7+. The number of allylic oxidation sites excluding steroid dienone is 1. The Balaban J connectivity index is 2.06. The lowest BCUT2D eigenvalue weighted by Gasteiger charge is -2.24. The molecule has 0 atom stereocenters. The number of carbonyl (C=O) groups is 1. The van der Waals surface area contributed by atoms with Crippen molar-refractivity contribution < 1.29 is 9.90 Å². The second-order valence-electron chi connectivity index (χ2n) is 4.80. The van der Waals surface area contributed by atoms with Crippen LogP contribution >= 0.6 is 0 Å². The molecule has 3 heteroatoms. The lowest BCUT2D eigenvalue weighted by molar-refractivity contribution is 0.104. The van der Waals surface area contributed by atoms with Gasteiger partial charge >= 0.3 is 0 Å². The maximum atomic E-state index is 12.0. The number of piperidine rings is 1. The van der Waals surface area contributed by atoms with Crippen molar-refractivity contribution in [3.05, 3.63) is 41.6 Å². The molecule has 1 aromatic carbocycles. The minimum Gasteiger partial charge on any atom is -0.507 e. The predicted octanol–water partition coefficient (Wildman–Crippen LogP) is 2.88. The molecule has 0 aliphatic carbocycles. The van der Waals surface area contributed by atoms with E-state index in [0.29, 0.717) is 5.56 Å². The maximum absolute atomic E-state index is 12.0. The van der Waals surface area contributed by atoms with Crippen LogP contribution in [0.1, 0.15) is 35.2 Å². The molecular formula is C15H19NO2. The highest BCUT2D eigenvalue weighted by Gasteiger charge is 2.10. The molecular weight excluding hydrogens is 226 g/mol. The van der Waals surface area contributed by atoms with Gasteiger partial charge in [-0.1, -0.05) is 11.6 Å². The number of phenols is 1. The second kappa shape index (κ2) is 5.71. The minimum absolute atomic E-state index is 0.0499. The zero-order chi connectivity index (χ0) is 13.0. The Kier molecular flexibility index (Phi) is 4.03. The van der Waals surface area contributed by atoms with Gasteiger partial charge in [-0.25, -0.2) is 0 Å². The van der Waals surface area contributed by atoms with Crippen LogP contribution < -0.4 is 0 Å². The van der Waals surface area contributed by atoms with Crippen LogP contribution in [-0.2, 0) is 0 Å². The van der Waals surface area contributed by atoms with Crippen LogP contribution in [0.4, 0.5) is 0 Å². The number of carbonyl (C=O) groups excluding carboxylic acids is 1. The molecule has 0 amide bonds. The summed E-state index contributed by atoms with van der Waals surface area (Å²) in [5, 5.41) is 9.67. The average molecular weight is 245 g/mol. The van der Waals surface area contributed by atoms with Gasteiger partial charge in [0.2, 0.25) is 0 Å². The van der Waals surface area contributed by atoms with Crippen LogP contribution in [0, 0.1) is 6.92 Å². The van der Waals surface area contributed by atoms with Crippen LogP contribution in [-0.4, -0.2) is 28.9 Å². The normalized spacial score (nSPS) is 16.2. The Bertz CT molecular complexity index is 460. The summed E-state index contributed by atoms with van der Waals surface area (Å²) < 4.78 is 0. The van der Waals surface area contributed by atoms with E-state index in [0.717, 1.165) is 18.7 Å². The van der Waals surface area contributed by atoms with Gasteiger partial charge in [0, 0.05) is 25.4 Å². The fourth-order valence-electron chi connectivity index (χ4n) is 2.18. The van der Waals surface area contributed by atoms with Crippen molar-refractivity contribution in [1.82, 2.24) is 4.90 Å². The molecule has 0 radical (unpaired) electrons. The van der Waals surface area contributed by atoms with Gasteiger partial charge in [-0.15, -0.1) is 0 Å². The van der Waals surface area contributed by atoms with Crippen molar-refractivity contribution in [2.24, 2.45) is 0 Å². The molecule has 3 nitrogen and oxygen atoms in total. The fourth-order valence-corrected chi connectivity index (χ4v) is 2.18. The van der Waals surface area contributed by atoms with Crippen molar-refractivity contribution in [2.45, 2.75) is 26.2 Å². The Morgan fingerprint density at radius 3 is 2.72 bits per heavy atom. The third-order valence-corrected chi connectivity index (χ3v) is 3.24. The van der Waals surface area contributed by atoms with E-state index in [9.17, 15) is 9.90 Å². The van der Waals surface area contributed by atoms with Gasteiger partial charge in [-0.2, -0.15) is 0 Å². The molecule has 0 saturated carbocycles. The molecule has 1 N–H and O–H groups in total. The summed E-state index contributed by atoms with van der Waals surface area (Å²) in [6, 6.07) is 5.08. The SMILES string of the molecule is Cc1ccc(O)c(C(=O)/C=C/N2CCCCC2)c1. The van der Waals surface area contributed by atoms with Crippen LogP contribution in [0.5, 0.6) is 5.75 Å². The van der Waals surface area contributed by atoms with Crippen molar-refractivity contribution >= 4 is 5.78 Å². The Hall–Kier alpha value is -1.77. The number of benzene rings is 1. The van der Waals surface area contributed by atoms with Crippen molar-refractivity contribution in [1.29, 1.82) is 0 Å². The zero-order valence-corrected chi connectivity index (χ0v) is 10.7. The number of ketones is 1. The predicted molar refractivity (Wildman–Crippen MR) is 71.7 cm³/mol. The minimum atomic E-state index is -0.137. The smallest absolute Gasteiger partial charge is 0.191 e. The van der Waals surface area contributed by atoms with E-state index in [4.69, 9.17) is 0 Å². The molecule has 1 aliphatic heterocycles.